The van der Waals surface area contributed by atoms with E-state index in [2.05, 4.69) is 26.0 Å². The highest BCUT2D eigenvalue weighted by Gasteiger charge is 2.36. The summed E-state index contributed by atoms with van der Waals surface area (Å²) in [5.74, 6) is 0.413. The first-order valence-electron chi connectivity index (χ1n) is 7.71. The van der Waals surface area contributed by atoms with E-state index >= 15 is 0 Å². The summed E-state index contributed by atoms with van der Waals surface area (Å²) in [6, 6.07) is -0.00325. The Morgan fingerprint density at radius 2 is 2.24 bits per heavy atom. The number of aryl methyl sites for hydroxylation is 1. The second-order valence-corrected chi connectivity index (χ2v) is 5.55. The van der Waals surface area contributed by atoms with Crippen LogP contribution in [0.2, 0.25) is 0 Å². The van der Waals surface area contributed by atoms with Gasteiger partial charge in [-0.3, -0.25) is 9.48 Å². The van der Waals surface area contributed by atoms with E-state index in [1.807, 2.05) is 6.92 Å². The fourth-order valence-corrected chi connectivity index (χ4v) is 2.43. The third-order valence-electron chi connectivity index (χ3n) is 3.53. The van der Waals surface area contributed by atoms with Crippen LogP contribution in [0.4, 0.5) is 13.2 Å². The van der Waals surface area contributed by atoms with Gasteiger partial charge in [0.25, 0.3) is 0 Å². The minimum Gasteiger partial charge on any atom is -0.357 e. The Morgan fingerprint density at radius 3 is 2.80 bits per heavy atom. The first kappa shape index (κ1) is 21.5. The summed E-state index contributed by atoms with van der Waals surface area (Å²) in [7, 11) is 1.44. The Kier molecular flexibility index (Phi) is 7.96. The Morgan fingerprint density at radius 1 is 1.52 bits per heavy atom. The number of halogens is 4. The molecule has 1 amide bonds. The molecule has 0 spiro atoms. The van der Waals surface area contributed by atoms with Crippen LogP contribution in [0, 0.1) is 0 Å². The number of hydrogen-bond acceptors (Lipinski definition) is 3. The molecule has 1 aromatic heterocycles. The maximum Gasteiger partial charge on any atom is 0.435 e. The van der Waals surface area contributed by atoms with Crippen LogP contribution >= 0.6 is 24.0 Å². The Labute approximate surface area is 160 Å². The average Bonchev–Trinajstić information content (AvgIpc) is 2.88. The summed E-state index contributed by atoms with van der Waals surface area (Å²) in [6.07, 6.45) is -2.13. The van der Waals surface area contributed by atoms with Crippen molar-refractivity contribution in [1.29, 1.82) is 0 Å². The molecular formula is C14H22F3IN6O. The highest BCUT2D eigenvalue weighted by molar-refractivity contribution is 14.0. The molecule has 1 unspecified atom stereocenters. The van der Waals surface area contributed by atoms with Crippen molar-refractivity contribution in [3.63, 3.8) is 0 Å². The first-order chi connectivity index (χ1) is 11.3. The van der Waals surface area contributed by atoms with Gasteiger partial charge in [-0.2, -0.15) is 18.3 Å². The molecule has 1 saturated heterocycles. The van der Waals surface area contributed by atoms with Crippen molar-refractivity contribution in [2.75, 3.05) is 13.1 Å². The molecule has 1 aliphatic heterocycles. The summed E-state index contributed by atoms with van der Waals surface area (Å²) in [5.41, 5.74) is -0.909. The summed E-state index contributed by atoms with van der Waals surface area (Å²) in [4.78, 5) is 15.4. The molecule has 11 heteroatoms. The molecule has 2 heterocycles. The lowest BCUT2D eigenvalue weighted by atomic mass is 10.1. The third kappa shape index (κ3) is 6.36. The molecule has 0 aliphatic carbocycles. The lowest BCUT2D eigenvalue weighted by Gasteiger charge is -2.25. The molecule has 0 bridgehead atoms. The number of rotatable bonds is 4. The number of aromatic nitrogens is 2. The smallest absolute Gasteiger partial charge is 0.357 e. The van der Waals surface area contributed by atoms with Crippen molar-refractivity contribution in [2.24, 2.45) is 12.0 Å². The highest BCUT2D eigenvalue weighted by atomic mass is 127. The van der Waals surface area contributed by atoms with Gasteiger partial charge in [0, 0.05) is 44.4 Å². The molecule has 142 valence electrons. The largest absolute Gasteiger partial charge is 0.435 e. The van der Waals surface area contributed by atoms with Gasteiger partial charge in [0.1, 0.15) is 0 Å². The average molecular weight is 474 g/mol. The van der Waals surface area contributed by atoms with Crippen LogP contribution in [-0.2, 0) is 24.6 Å². The number of nitrogens with one attached hydrogen (secondary N) is 3. The second-order valence-electron chi connectivity index (χ2n) is 5.55. The number of carbonyl (C=O) groups is 1. The van der Waals surface area contributed by atoms with Crippen molar-refractivity contribution >= 4 is 35.8 Å². The van der Waals surface area contributed by atoms with Gasteiger partial charge in [0.2, 0.25) is 5.91 Å². The molecule has 3 N–H and O–H groups in total. The van der Waals surface area contributed by atoms with Crippen LogP contribution in [0.1, 0.15) is 31.0 Å². The van der Waals surface area contributed by atoms with E-state index in [1.54, 1.807) is 0 Å². The summed E-state index contributed by atoms with van der Waals surface area (Å²) in [5, 5.41) is 12.3. The minimum atomic E-state index is -4.51. The van der Waals surface area contributed by atoms with Gasteiger partial charge in [-0.15, -0.1) is 24.0 Å². The fourth-order valence-electron chi connectivity index (χ4n) is 2.43. The lowest BCUT2D eigenvalue weighted by molar-refractivity contribution is -0.142. The molecular weight excluding hydrogens is 452 g/mol. The second kappa shape index (κ2) is 9.25. The minimum absolute atomic E-state index is 0. The van der Waals surface area contributed by atoms with Crippen LogP contribution in [0.15, 0.2) is 11.2 Å². The van der Waals surface area contributed by atoms with Gasteiger partial charge in [-0.1, -0.05) is 0 Å². The van der Waals surface area contributed by atoms with Crippen LogP contribution in [0.3, 0.4) is 0 Å². The van der Waals surface area contributed by atoms with E-state index in [9.17, 15) is 18.0 Å². The van der Waals surface area contributed by atoms with Gasteiger partial charge < -0.3 is 16.0 Å². The molecule has 1 aromatic rings. The van der Waals surface area contributed by atoms with Gasteiger partial charge in [-0.05, 0) is 13.3 Å². The number of carbonyl (C=O) groups excluding carboxylic acids is 1. The Bertz CT molecular complexity index is 606. The maximum atomic E-state index is 12.9. The number of guanidine groups is 1. The Hall–Kier alpha value is -1.53. The standard InChI is InChI=1S/C14H21F3N6O.HI/c1-3-18-13(21-10-4-5-11(24)19-7-10)20-6-9-8-23(2)22-12(9)14(15,16)17;/h8,10H,3-7H2,1-2H3,(H,19,24)(H2,18,20,21);1H. The van der Waals surface area contributed by atoms with Crippen molar-refractivity contribution < 1.29 is 18.0 Å². The normalized spacial score (nSPS) is 18.4. The van der Waals surface area contributed by atoms with Gasteiger partial charge >= 0.3 is 6.18 Å². The van der Waals surface area contributed by atoms with Crippen molar-refractivity contribution in [3.05, 3.63) is 17.5 Å². The number of amides is 1. The highest BCUT2D eigenvalue weighted by Crippen LogP contribution is 2.30. The summed E-state index contributed by atoms with van der Waals surface area (Å²) >= 11 is 0. The van der Waals surface area contributed by atoms with Crippen LogP contribution in [-0.4, -0.2) is 40.8 Å². The Balaban J connectivity index is 0.00000312. The fraction of sp³-hybridized carbons (Fsp3) is 0.643. The van der Waals surface area contributed by atoms with Crippen molar-refractivity contribution in [2.45, 2.75) is 38.5 Å². The zero-order chi connectivity index (χ0) is 17.7. The number of hydrogen-bond donors (Lipinski definition) is 3. The van der Waals surface area contributed by atoms with E-state index in [4.69, 9.17) is 0 Å². The molecule has 0 aromatic carbocycles. The van der Waals surface area contributed by atoms with E-state index in [0.29, 0.717) is 31.9 Å². The molecule has 2 rings (SSSR count). The van der Waals surface area contributed by atoms with Gasteiger partial charge in [0.05, 0.1) is 6.54 Å². The SMILES string of the molecule is CCNC(=NCc1cn(C)nc1C(F)(F)F)NC1CCC(=O)NC1.I. The van der Waals surface area contributed by atoms with Gasteiger partial charge in [-0.25, -0.2) is 4.99 Å². The first-order valence-corrected chi connectivity index (χ1v) is 7.71. The number of alkyl halides is 3. The third-order valence-corrected chi connectivity index (χ3v) is 3.53. The lowest BCUT2D eigenvalue weighted by Crippen LogP contribution is -2.51. The van der Waals surface area contributed by atoms with E-state index in [-0.39, 0.29) is 48.0 Å². The van der Waals surface area contributed by atoms with E-state index in [1.165, 1.54) is 13.2 Å². The predicted molar refractivity (Wildman–Crippen MR) is 97.6 cm³/mol. The summed E-state index contributed by atoms with van der Waals surface area (Å²) in [6.45, 7) is 2.76. The summed E-state index contributed by atoms with van der Waals surface area (Å²) < 4.78 is 40.0. The molecule has 1 aliphatic rings. The van der Waals surface area contributed by atoms with Gasteiger partial charge in [0.15, 0.2) is 11.7 Å². The van der Waals surface area contributed by atoms with Crippen molar-refractivity contribution in [1.82, 2.24) is 25.7 Å². The van der Waals surface area contributed by atoms with Crippen LogP contribution < -0.4 is 16.0 Å². The molecule has 1 atom stereocenters. The quantitative estimate of drug-likeness (QED) is 0.350. The zero-order valence-corrected chi connectivity index (χ0v) is 16.3. The molecule has 1 fully saturated rings. The number of nitrogens with zero attached hydrogens (tertiary/aromatic N) is 3. The monoisotopic (exact) mass is 474 g/mol. The molecule has 7 nitrogen and oxygen atoms in total. The van der Waals surface area contributed by atoms with Crippen LogP contribution in [0.25, 0.3) is 0 Å². The maximum absolute atomic E-state index is 12.9. The zero-order valence-electron chi connectivity index (χ0n) is 14.0. The molecule has 25 heavy (non-hydrogen) atoms. The van der Waals surface area contributed by atoms with E-state index < -0.39 is 11.9 Å². The van der Waals surface area contributed by atoms with Crippen LogP contribution in [0.5, 0.6) is 0 Å². The topological polar surface area (TPSA) is 83.3 Å². The van der Waals surface area contributed by atoms with E-state index in [0.717, 1.165) is 4.68 Å². The number of aliphatic imine (C=N–C) groups is 1. The predicted octanol–water partition coefficient (Wildman–Crippen LogP) is 1.39. The number of piperidine rings is 1. The molecule has 0 saturated carbocycles. The van der Waals surface area contributed by atoms with Crippen molar-refractivity contribution in [3.8, 4) is 0 Å². The molecule has 0 radical (unpaired) electrons.